The predicted molar refractivity (Wildman–Crippen MR) is 95.8 cm³/mol. The quantitative estimate of drug-likeness (QED) is 0.564. The van der Waals surface area contributed by atoms with Crippen molar-refractivity contribution in [2.24, 2.45) is 4.99 Å². The van der Waals surface area contributed by atoms with Crippen LogP contribution in [0.3, 0.4) is 0 Å². The Morgan fingerprint density at radius 2 is 1.95 bits per heavy atom. The number of morpholine rings is 1. The highest BCUT2D eigenvalue weighted by Gasteiger charge is 2.14. The molecule has 1 fully saturated rings. The molecule has 0 aliphatic carbocycles. The molecule has 114 valence electrons. The molecule has 1 aliphatic rings. The highest BCUT2D eigenvalue weighted by atomic mass is 127. The third kappa shape index (κ3) is 3.84. The monoisotopic (exact) mass is 410 g/mol. The van der Waals surface area contributed by atoms with Crippen molar-refractivity contribution in [2.45, 2.75) is 0 Å². The zero-order valence-electron chi connectivity index (χ0n) is 12.0. The molecule has 2 aromatic carbocycles. The zero-order chi connectivity index (χ0) is 15.4. The standard InChI is InChI=1S/C17H16FIN2O/c18-16-10-13(12-20-15-3-1-2-14(19)11-15)4-5-17(16)21-6-8-22-9-7-21/h1-5,10-12H,6-9H2. The Balaban J connectivity index is 1.76. The summed E-state index contributed by atoms with van der Waals surface area (Å²) in [5.41, 5.74) is 2.26. The Kier molecular flexibility index (Phi) is 5.04. The summed E-state index contributed by atoms with van der Waals surface area (Å²) in [4.78, 5) is 6.40. The summed E-state index contributed by atoms with van der Waals surface area (Å²) in [5.74, 6) is -0.214. The zero-order valence-corrected chi connectivity index (χ0v) is 14.2. The molecule has 3 nitrogen and oxygen atoms in total. The van der Waals surface area contributed by atoms with Gasteiger partial charge in [0, 0.05) is 22.9 Å². The van der Waals surface area contributed by atoms with E-state index in [0.29, 0.717) is 18.9 Å². The van der Waals surface area contributed by atoms with Crippen LogP contribution in [0.25, 0.3) is 0 Å². The van der Waals surface area contributed by atoms with Crippen LogP contribution in [0.5, 0.6) is 0 Å². The number of anilines is 1. The molecule has 0 radical (unpaired) electrons. The van der Waals surface area contributed by atoms with Crippen LogP contribution in [0.2, 0.25) is 0 Å². The number of benzene rings is 2. The first-order chi connectivity index (χ1) is 10.7. The first-order valence-electron chi connectivity index (χ1n) is 7.14. The fourth-order valence-electron chi connectivity index (χ4n) is 2.37. The molecule has 5 heteroatoms. The average molecular weight is 410 g/mol. The molecule has 0 N–H and O–H groups in total. The minimum atomic E-state index is -0.214. The maximum absolute atomic E-state index is 14.3. The van der Waals surface area contributed by atoms with Crippen LogP contribution in [0.15, 0.2) is 47.5 Å². The van der Waals surface area contributed by atoms with E-state index in [1.54, 1.807) is 6.21 Å². The molecule has 2 aromatic rings. The van der Waals surface area contributed by atoms with E-state index in [2.05, 4.69) is 27.6 Å². The summed E-state index contributed by atoms with van der Waals surface area (Å²) in [5, 5.41) is 0. The van der Waals surface area contributed by atoms with Crippen LogP contribution in [0.4, 0.5) is 15.8 Å². The lowest BCUT2D eigenvalue weighted by molar-refractivity contribution is 0.122. The summed E-state index contributed by atoms with van der Waals surface area (Å²) >= 11 is 2.24. The number of hydrogen-bond acceptors (Lipinski definition) is 3. The smallest absolute Gasteiger partial charge is 0.147 e. The number of halogens is 2. The van der Waals surface area contributed by atoms with Crippen molar-refractivity contribution in [1.82, 2.24) is 0 Å². The lowest BCUT2D eigenvalue weighted by Gasteiger charge is -2.29. The molecule has 0 atom stereocenters. The molecular weight excluding hydrogens is 394 g/mol. The van der Waals surface area contributed by atoms with Gasteiger partial charge >= 0.3 is 0 Å². The Morgan fingerprint density at radius 1 is 1.14 bits per heavy atom. The molecule has 22 heavy (non-hydrogen) atoms. The Morgan fingerprint density at radius 3 is 2.68 bits per heavy atom. The van der Waals surface area contributed by atoms with E-state index >= 15 is 0 Å². The second-order valence-corrected chi connectivity index (χ2v) is 6.29. The maximum atomic E-state index is 14.3. The largest absolute Gasteiger partial charge is 0.378 e. The van der Waals surface area contributed by atoms with Gasteiger partial charge in [-0.25, -0.2) is 4.39 Å². The molecule has 1 heterocycles. The van der Waals surface area contributed by atoms with Crippen LogP contribution >= 0.6 is 22.6 Å². The molecule has 1 saturated heterocycles. The molecule has 1 aliphatic heterocycles. The molecule has 0 spiro atoms. The van der Waals surface area contributed by atoms with Crippen molar-refractivity contribution in [3.8, 4) is 0 Å². The molecule has 0 aromatic heterocycles. The van der Waals surface area contributed by atoms with Crippen LogP contribution in [-0.2, 0) is 4.74 Å². The van der Waals surface area contributed by atoms with Crippen molar-refractivity contribution >= 4 is 40.2 Å². The second-order valence-electron chi connectivity index (χ2n) is 5.05. The summed E-state index contributed by atoms with van der Waals surface area (Å²) in [6.07, 6.45) is 1.69. The van der Waals surface area contributed by atoms with Gasteiger partial charge in [-0.05, 0) is 58.5 Å². The number of aliphatic imine (C=N–C) groups is 1. The molecule has 3 rings (SSSR count). The van der Waals surface area contributed by atoms with Crippen molar-refractivity contribution in [3.05, 3.63) is 57.4 Å². The Bertz CT molecular complexity index is 684. The number of hydrogen-bond donors (Lipinski definition) is 0. The third-order valence-corrected chi connectivity index (χ3v) is 4.17. The van der Waals surface area contributed by atoms with E-state index < -0.39 is 0 Å². The van der Waals surface area contributed by atoms with Crippen LogP contribution in [0, 0.1) is 9.39 Å². The van der Waals surface area contributed by atoms with Gasteiger partial charge in [-0.15, -0.1) is 0 Å². The van der Waals surface area contributed by atoms with Gasteiger partial charge in [0.25, 0.3) is 0 Å². The maximum Gasteiger partial charge on any atom is 0.147 e. The van der Waals surface area contributed by atoms with Gasteiger partial charge < -0.3 is 9.64 Å². The van der Waals surface area contributed by atoms with E-state index in [0.717, 1.165) is 27.9 Å². The Labute approximate surface area is 143 Å². The SMILES string of the molecule is Fc1cc(C=Nc2cccc(I)c2)ccc1N1CCOCC1. The topological polar surface area (TPSA) is 24.8 Å². The highest BCUT2D eigenvalue weighted by Crippen LogP contribution is 2.22. The van der Waals surface area contributed by atoms with Crippen LogP contribution in [-0.4, -0.2) is 32.5 Å². The van der Waals surface area contributed by atoms with Gasteiger partial charge in [0.05, 0.1) is 24.6 Å². The number of nitrogens with zero attached hydrogens (tertiary/aromatic N) is 2. The summed E-state index contributed by atoms with van der Waals surface area (Å²) in [7, 11) is 0. The van der Waals surface area contributed by atoms with E-state index in [1.807, 2.05) is 41.3 Å². The third-order valence-electron chi connectivity index (χ3n) is 3.49. The fourth-order valence-corrected chi connectivity index (χ4v) is 2.90. The highest BCUT2D eigenvalue weighted by molar-refractivity contribution is 14.1. The Hall–Kier alpha value is -1.47. The second kappa shape index (κ2) is 7.19. The average Bonchev–Trinajstić information content (AvgIpc) is 2.54. The molecule has 0 saturated carbocycles. The molecule has 0 amide bonds. The van der Waals surface area contributed by atoms with Gasteiger partial charge in [0.2, 0.25) is 0 Å². The number of rotatable bonds is 3. The van der Waals surface area contributed by atoms with Gasteiger partial charge in [0.1, 0.15) is 5.82 Å². The van der Waals surface area contributed by atoms with Crippen molar-refractivity contribution in [2.75, 3.05) is 31.2 Å². The summed E-state index contributed by atoms with van der Waals surface area (Å²) in [6.45, 7) is 2.75. The number of ether oxygens (including phenoxy) is 1. The van der Waals surface area contributed by atoms with E-state index in [4.69, 9.17) is 4.74 Å². The van der Waals surface area contributed by atoms with Crippen molar-refractivity contribution in [3.63, 3.8) is 0 Å². The van der Waals surface area contributed by atoms with Gasteiger partial charge in [-0.2, -0.15) is 0 Å². The lowest BCUT2D eigenvalue weighted by atomic mass is 10.2. The minimum absolute atomic E-state index is 0.214. The summed E-state index contributed by atoms with van der Waals surface area (Å²) in [6, 6.07) is 13.1. The summed E-state index contributed by atoms with van der Waals surface area (Å²) < 4.78 is 20.7. The predicted octanol–water partition coefficient (Wildman–Crippen LogP) is 4.02. The van der Waals surface area contributed by atoms with Crippen LogP contribution in [0.1, 0.15) is 5.56 Å². The first kappa shape index (κ1) is 15.4. The van der Waals surface area contributed by atoms with Gasteiger partial charge in [0.15, 0.2) is 0 Å². The van der Waals surface area contributed by atoms with Gasteiger partial charge in [-0.3, -0.25) is 4.99 Å². The van der Waals surface area contributed by atoms with Crippen molar-refractivity contribution in [1.29, 1.82) is 0 Å². The van der Waals surface area contributed by atoms with E-state index in [9.17, 15) is 4.39 Å². The van der Waals surface area contributed by atoms with E-state index in [1.165, 1.54) is 6.07 Å². The normalized spacial score (nSPS) is 15.5. The first-order valence-corrected chi connectivity index (χ1v) is 8.22. The lowest BCUT2D eigenvalue weighted by Crippen LogP contribution is -2.36. The molecule has 0 unspecified atom stereocenters. The molecule has 0 bridgehead atoms. The van der Waals surface area contributed by atoms with Gasteiger partial charge in [-0.1, -0.05) is 12.1 Å². The fraction of sp³-hybridized carbons (Fsp3) is 0.235. The van der Waals surface area contributed by atoms with Crippen molar-refractivity contribution < 1.29 is 9.13 Å². The molecular formula is C17H16FIN2O. The van der Waals surface area contributed by atoms with E-state index in [-0.39, 0.29) is 5.82 Å². The van der Waals surface area contributed by atoms with Crippen LogP contribution < -0.4 is 4.90 Å². The minimum Gasteiger partial charge on any atom is -0.378 e.